The minimum absolute atomic E-state index is 0.00816. The summed E-state index contributed by atoms with van der Waals surface area (Å²) in [6.45, 7) is 4.29. The van der Waals surface area contributed by atoms with Crippen molar-refractivity contribution in [2.24, 2.45) is 10.9 Å². The van der Waals surface area contributed by atoms with E-state index in [0.717, 1.165) is 23.5 Å². The van der Waals surface area contributed by atoms with Gasteiger partial charge < -0.3 is 5.32 Å². The second kappa shape index (κ2) is 6.75. The summed E-state index contributed by atoms with van der Waals surface area (Å²) in [5.41, 5.74) is 2.46. The third-order valence-electron chi connectivity index (χ3n) is 4.51. The highest BCUT2D eigenvalue weighted by atomic mass is 16.1. The summed E-state index contributed by atoms with van der Waals surface area (Å²) in [6, 6.07) is 15.4. The van der Waals surface area contributed by atoms with Crippen molar-refractivity contribution in [2.45, 2.75) is 32.7 Å². The topological polar surface area (TPSA) is 58.8 Å². The van der Waals surface area contributed by atoms with Crippen LogP contribution >= 0.6 is 0 Å². The molecular weight excluding hydrogens is 324 g/mol. The lowest BCUT2D eigenvalue weighted by Crippen LogP contribution is -2.23. The van der Waals surface area contributed by atoms with Crippen LogP contribution in [0.1, 0.15) is 36.3 Å². The number of hydrogen-bond acceptors (Lipinski definition) is 4. The number of nitrogens with one attached hydrogen (secondary N) is 1. The molecule has 0 radical (unpaired) electrons. The van der Waals surface area contributed by atoms with Crippen LogP contribution in [0, 0.1) is 5.92 Å². The number of Topliss-reactive ketones (excluding diaryl/α,β-unsaturated/α-hetero) is 1. The molecule has 4 rings (SSSR count). The maximum Gasteiger partial charge on any atom is 0.208 e. The molecule has 0 bridgehead atoms. The molecule has 0 amide bonds. The number of hydrogen-bond donors (Lipinski definition) is 1. The zero-order valence-corrected chi connectivity index (χ0v) is 15.0. The Labute approximate surface area is 152 Å². The first kappa shape index (κ1) is 16.5. The fraction of sp³-hybridized carbons (Fsp3) is 0.286. The minimum Gasteiger partial charge on any atom is -0.327 e. The van der Waals surface area contributed by atoms with Gasteiger partial charge in [0.05, 0.1) is 0 Å². The number of fused-ring (bicyclic) bond motifs is 3. The molecule has 2 aromatic heterocycles. The van der Waals surface area contributed by atoms with Gasteiger partial charge in [0.25, 0.3) is 0 Å². The number of carbonyl (C=O) groups excluding carboxylic acids is 1. The molecule has 1 atom stereocenters. The van der Waals surface area contributed by atoms with Gasteiger partial charge in [-0.15, -0.1) is 0 Å². The molecule has 0 saturated carbocycles. The fourth-order valence-electron chi connectivity index (χ4n) is 3.36. The van der Waals surface area contributed by atoms with Gasteiger partial charge in [-0.25, -0.2) is 4.98 Å². The quantitative estimate of drug-likeness (QED) is 0.777. The predicted molar refractivity (Wildman–Crippen MR) is 104 cm³/mol. The molecule has 0 spiro atoms. The van der Waals surface area contributed by atoms with Crippen LogP contribution in [0.5, 0.6) is 0 Å². The molecule has 1 aliphatic rings. The first-order valence-corrected chi connectivity index (χ1v) is 9.00. The lowest BCUT2D eigenvalue weighted by molar-refractivity contribution is 0.0958. The van der Waals surface area contributed by atoms with Crippen LogP contribution in [0.3, 0.4) is 0 Å². The smallest absolute Gasteiger partial charge is 0.208 e. The van der Waals surface area contributed by atoms with Crippen molar-refractivity contribution < 1.29 is 4.79 Å². The van der Waals surface area contributed by atoms with Crippen LogP contribution in [-0.4, -0.2) is 27.0 Å². The van der Waals surface area contributed by atoms with Crippen LogP contribution in [0.15, 0.2) is 59.7 Å². The Balaban J connectivity index is 1.80. The molecule has 3 aromatic rings. The summed E-state index contributed by atoms with van der Waals surface area (Å²) < 4.78 is 1.86. The van der Waals surface area contributed by atoms with E-state index in [1.54, 1.807) is 0 Å². The SMILES string of the molecule is CC(C)CC1=N[C@@H](Cc2ccccc2)C(=O)c2c(nc3ccccn23)N1. The number of anilines is 1. The number of aliphatic imine (C=N–C) groups is 1. The molecule has 5 nitrogen and oxygen atoms in total. The second-order valence-corrected chi connectivity index (χ2v) is 7.11. The zero-order chi connectivity index (χ0) is 18.1. The standard InChI is InChI=1S/C21H22N4O/c1-14(2)12-17-22-16(13-15-8-4-3-5-9-15)20(26)19-21(23-17)24-18-10-6-7-11-25(18)19/h3-11,14,16H,12-13H2,1-2H3,(H,22,23)/t16-/m0/s1. The molecule has 26 heavy (non-hydrogen) atoms. The molecule has 0 aliphatic carbocycles. The number of nitrogens with zero attached hydrogens (tertiary/aromatic N) is 3. The molecule has 1 aromatic carbocycles. The van der Waals surface area contributed by atoms with Crippen molar-refractivity contribution in [1.29, 1.82) is 0 Å². The van der Waals surface area contributed by atoms with Crippen molar-refractivity contribution in [1.82, 2.24) is 9.38 Å². The maximum atomic E-state index is 13.3. The van der Waals surface area contributed by atoms with Crippen molar-refractivity contribution in [3.8, 4) is 0 Å². The Morgan fingerprint density at radius 2 is 1.88 bits per heavy atom. The largest absolute Gasteiger partial charge is 0.327 e. The number of aromatic nitrogens is 2. The number of rotatable bonds is 4. The fourth-order valence-corrected chi connectivity index (χ4v) is 3.36. The lowest BCUT2D eigenvalue weighted by atomic mass is 10.0. The van der Waals surface area contributed by atoms with Crippen molar-refractivity contribution in [3.63, 3.8) is 0 Å². The Hall–Kier alpha value is -2.95. The number of imidazole rings is 1. The highest BCUT2D eigenvalue weighted by molar-refractivity contribution is 6.11. The van der Waals surface area contributed by atoms with Crippen LogP contribution in [0.25, 0.3) is 5.65 Å². The summed E-state index contributed by atoms with van der Waals surface area (Å²) in [5, 5.41) is 3.32. The van der Waals surface area contributed by atoms with Gasteiger partial charge in [0.15, 0.2) is 5.82 Å². The third-order valence-corrected chi connectivity index (χ3v) is 4.51. The number of ketones is 1. The van der Waals surface area contributed by atoms with E-state index >= 15 is 0 Å². The molecule has 1 aliphatic heterocycles. The first-order chi connectivity index (χ1) is 12.6. The average Bonchev–Trinajstić information content (AvgIpc) is 2.93. The van der Waals surface area contributed by atoms with E-state index in [9.17, 15) is 4.79 Å². The summed E-state index contributed by atoms with van der Waals surface area (Å²) in [7, 11) is 0. The minimum atomic E-state index is -0.444. The highest BCUT2D eigenvalue weighted by Gasteiger charge is 2.30. The van der Waals surface area contributed by atoms with Crippen LogP contribution in [-0.2, 0) is 6.42 Å². The third kappa shape index (κ3) is 3.12. The molecule has 3 heterocycles. The van der Waals surface area contributed by atoms with E-state index in [-0.39, 0.29) is 5.78 Å². The van der Waals surface area contributed by atoms with Gasteiger partial charge >= 0.3 is 0 Å². The monoisotopic (exact) mass is 346 g/mol. The molecule has 132 valence electrons. The molecule has 0 unspecified atom stereocenters. The van der Waals surface area contributed by atoms with Gasteiger partial charge in [0.1, 0.15) is 23.2 Å². The van der Waals surface area contributed by atoms with Gasteiger partial charge in [-0.05, 0) is 23.6 Å². The second-order valence-electron chi connectivity index (χ2n) is 7.11. The summed E-state index contributed by atoms with van der Waals surface area (Å²) in [4.78, 5) is 22.7. The van der Waals surface area contributed by atoms with Crippen LogP contribution < -0.4 is 5.32 Å². The lowest BCUT2D eigenvalue weighted by Gasteiger charge is -2.12. The van der Waals surface area contributed by atoms with Gasteiger partial charge in [-0.3, -0.25) is 14.2 Å². The van der Waals surface area contributed by atoms with Gasteiger partial charge in [0, 0.05) is 19.0 Å². The molecule has 1 N–H and O–H groups in total. The van der Waals surface area contributed by atoms with E-state index in [0.29, 0.717) is 23.9 Å². The first-order valence-electron chi connectivity index (χ1n) is 9.00. The van der Waals surface area contributed by atoms with E-state index in [2.05, 4.69) is 24.1 Å². The predicted octanol–water partition coefficient (Wildman–Crippen LogP) is 4.00. The molecule has 0 saturated heterocycles. The number of pyridine rings is 1. The number of amidine groups is 1. The van der Waals surface area contributed by atoms with Crippen molar-refractivity contribution in [3.05, 3.63) is 66.0 Å². The highest BCUT2D eigenvalue weighted by Crippen LogP contribution is 2.25. The van der Waals surface area contributed by atoms with E-state index in [1.165, 1.54) is 0 Å². The van der Waals surface area contributed by atoms with E-state index < -0.39 is 6.04 Å². The van der Waals surface area contributed by atoms with Gasteiger partial charge in [-0.1, -0.05) is 50.2 Å². The van der Waals surface area contributed by atoms with Gasteiger partial charge in [0.2, 0.25) is 5.78 Å². The van der Waals surface area contributed by atoms with Crippen LogP contribution in [0.2, 0.25) is 0 Å². The molecule has 5 heteroatoms. The normalized spacial score (nSPS) is 17.0. The Bertz CT molecular complexity index is 972. The summed E-state index contributed by atoms with van der Waals surface area (Å²) >= 11 is 0. The maximum absolute atomic E-state index is 13.3. The summed E-state index contributed by atoms with van der Waals surface area (Å²) in [5.74, 6) is 1.88. The van der Waals surface area contributed by atoms with E-state index in [1.807, 2.05) is 59.1 Å². The van der Waals surface area contributed by atoms with Crippen molar-refractivity contribution in [2.75, 3.05) is 5.32 Å². The summed E-state index contributed by atoms with van der Waals surface area (Å²) in [6.07, 6.45) is 3.25. The Kier molecular flexibility index (Phi) is 4.29. The molecule has 0 fully saturated rings. The Morgan fingerprint density at radius 1 is 1.12 bits per heavy atom. The van der Waals surface area contributed by atoms with E-state index in [4.69, 9.17) is 4.99 Å². The van der Waals surface area contributed by atoms with Crippen LogP contribution in [0.4, 0.5) is 5.82 Å². The Morgan fingerprint density at radius 3 is 2.65 bits per heavy atom. The average molecular weight is 346 g/mol. The van der Waals surface area contributed by atoms with Crippen molar-refractivity contribution >= 4 is 23.1 Å². The zero-order valence-electron chi connectivity index (χ0n) is 15.0. The molecular formula is C21H22N4O. The van der Waals surface area contributed by atoms with Gasteiger partial charge in [-0.2, -0.15) is 0 Å². The number of carbonyl (C=O) groups is 1. The number of benzene rings is 1.